The minimum atomic E-state index is -0.243. The number of piperazine rings is 1. The molecular formula is C21H27FN2O2. The zero-order valence-electron chi connectivity index (χ0n) is 15.8. The Morgan fingerprint density at radius 3 is 2.12 bits per heavy atom. The Morgan fingerprint density at radius 1 is 1.08 bits per heavy atom. The van der Waals surface area contributed by atoms with Crippen molar-refractivity contribution in [2.24, 2.45) is 5.41 Å². The lowest BCUT2D eigenvalue weighted by Crippen LogP contribution is -2.65. The highest BCUT2D eigenvalue weighted by Crippen LogP contribution is 2.48. The number of piperidine rings is 2. The van der Waals surface area contributed by atoms with Crippen molar-refractivity contribution in [3.05, 3.63) is 34.6 Å². The van der Waals surface area contributed by atoms with Gasteiger partial charge in [0.1, 0.15) is 5.82 Å². The van der Waals surface area contributed by atoms with Gasteiger partial charge in [0, 0.05) is 37.2 Å². The maximum Gasteiger partial charge on any atom is 0.254 e. The lowest BCUT2D eigenvalue weighted by molar-refractivity contribution is -0.141. The van der Waals surface area contributed by atoms with Crippen LogP contribution in [0.5, 0.6) is 0 Å². The summed E-state index contributed by atoms with van der Waals surface area (Å²) < 4.78 is 13.9. The summed E-state index contributed by atoms with van der Waals surface area (Å²) in [6.07, 6.45) is 4.85. The molecule has 2 unspecified atom stereocenters. The second-order valence-corrected chi connectivity index (χ2v) is 8.80. The number of rotatable bonds is 3. The van der Waals surface area contributed by atoms with Gasteiger partial charge in [-0.3, -0.25) is 9.59 Å². The molecule has 0 aromatic heterocycles. The minimum absolute atomic E-state index is 0.0350. The average Bonchev–Trinajstić information content (AvgIpc) is 3.35. The largest absolute Gasteiger partial charge is 0.336 e. The van der Waals surface area contributed by atoms with Gasteiger partial charge in [0.05, 0.1) is 0 Å². The van der Waals surface area contributed by atoms with Crippen LogP contribution >= 0.6 is 0 Å². The first kappa shape index (κ1) is 17.5. The van der Waals surface area contributed by atoms with Gasteiger partial charge in [-0.15, -0.1) is 0 Å². The number of hydrogen-bond acceptors (Lipinski definition) is 2. The van der Waals surface area contributed by atoms with E-state index in [-0.39, 0.29) is 35.1 Å². The van der Waals surface area contributed by atoms with E-state index in [2.05, 4.69) is 6.92 Å². The third-order valence-electron chi connectivity index (χ3n) is 6.48. The van der Waals surface area contributed by atoms with Crippen LogP contribution in [0.25, 0.3) is 0 Å². The molecule has 5 heteroatoms. The van der Waals surface area contributed by atoms with Crippen molar-refractivity contribution in [3.63, 3.8) is 0 Å². The number of hydrogen-bond donors (Lipinski definition) is 0. The molecule has 2 amide bonds. The minimum Gasteiger partial charge on any atom is -0.336 e. The summed E-state index contributed by atoms with van der Waals surface area (Å²) in [5, 5.41) is 0. The third kappa shape index (κ3) is 3.01. The van der Waals surface area contributed by atoms with Gasteiger partial charge in [0.25, 0.3) is 5.91 Å². The Balaban J connectivity index is 1.49. The number of carbonyl (C=O) groups is 2. The molecule has 0 N–H and O–H groups in total. The number of benzene rings is 1. The molecule has 1 aliphatic carbocycles. The van der Waals surface area contributed by atoms with E-state index in [1.165, 1.54) is 0 Å². The van der Waals surface area contributed by atoms with Gasteiger partial charge in [-0.05, 0) is 68.2 Å². The van der Waals surface area contributed by atoms with Crippen LogP contribution < -0.4 is 0 Å². The smallest absolute Gasteiger partial charge is 0.254 e. The van der Waals surface area contributed by atoms with Gasteiger partial charge >= 0.3 is 0 Å². The maximum absolute atomic E-state index is 13.9. The molecule has 4 fully saturated rings. The highest BCUT2D eigenvalue weighted by atomic mass is 19.1. The van der Waals surface area contributed by atoms with E-state index >= 15 is 0 Å². The summed E-state index contributed by atoms with van der Waals surface area (Å²) in [5.74, 6) is -0.0283. The number of nitrogens with zero attached hydrogens (tertiary/aromatic N) is 2. The van der Waals surface area contributed by atoms with Crippen LogP contribution in [0.1, 0.15) is 60.5 Å². The van der Waals surface area contributed by atoms with E-state index < -0.39 is 0 Å². The van der Waals surface area contributed by atoms with Gasteiger partial charge in [0.15, 0.2) is 0 Å². The molecule has 3 saturated heterocycles. The average molecular weight is 358 g/mol. The molecule has 2 bridgehead atoms. The van der Waals surface area contributed by atoms with Crippen molar-refractivity contribution in [2.75, 3.05) is 13.1 Å². The second-order valence-electron chi connectivity index (χ2n) is 8.80. The normalized spacial score (nSPS) is 26.2. The fraction of sp³-hybridized carbons (Fsp3) is 0.619. The number of aryl methyl sites for hydroxylation is 2. The lowest BCUT2D eigenvalue weighted by Gasteiger charge is -2.51. The van der Waals surface area contributed by atoms with Gasteiger partial charge in [-0.2, -0.15) is 0 Å². The zero-order chi connectivity index (χ0) is 18.6. The van der Waals surface area contributed by atoms with E-state index in [0.717, 1.165) is 25.7 Å². The van der Waals surface area contributed by atoms with Crippen LogP contribution in [0.4, 0.5) is 4.39 Å². The summed E-state index contributed by atoms with van der Waals surface area (Å²) in [4.78, 5) is 29.6. The summed E-state index contributed by atoms with van der Waals surface area (Å²) in [5.41, 5.74) is 1.78. The number of amides is 2. The highest BCUT2D eigenvalue weighted by molar-refractivity contribution is 5.95. The van der Waals surface area contributed by atoms with Crippen molar-refractivity contribution in [1.29, 1.82) is 0 Å². The summed E-state index contributed by atoms with van der Waals surface area (Å²) >= 11 is 0. The molecule has 1 aromatic rings. The molecule has 3 heterocycles. The molecule has 26 heavy (non-hydrogen) atoms. The molecule has 4 aliphatic rings. The van der Waals surface area contributed by atoms with Crippen LogP contribution in [0.3, 0.4) is 0 Å². The standard InChI is InChI=1S/C21H27FN2O2/c1-13-8-15(9-14(2)19(13)22)20(26)24-12-16-4-5-17(24)11-23(16)18(25)10-21(3)6-7-21/h8-9,16-17H,4-7,10-12H2,1-3H3. The Bertz CT molecular complexity index is 748. The Labute approximate surface area is 154 Å². The Kier molecular flexibility index (Phi) is 4.08. The first-order chi connectivity index (χ1) is 12.3. The Morgan fingerprint density at radius 2 is 1.62 bits per heavy atom. The van der Waals surface area contributed by atoms with E-state index in [1.807, 2.05) is 9.80 Å². The van der Waals surface area contributed by atoms with E-state index in [4.69, 9.17) is 0 Å². The summed E-state index contributed by atoms with van der Waals surface area (Å²) in [7, 11) is 0. The van der Waals surface area contributed by atoms with Crippen LogP contribution in [-0.2, 0) is 4.79 Å². The van der Waals surface area contributed by atoms with Gasteiger partial charge in [0.2, 0.25) is 5.91 Å². The van der Waals surface area contributed by atoms with Crippen LogP contribution in [0.15, 0.2) is 12.1 Å². The summed E-state index contributed by atoms with van der Waals surface area (Å²) in [6, 6.07) is 3.49. The quantitative estimate of drug-likeness (QED) is 0.830. The van der Waals surface area contributed by atoms with Crippen molar-refractivity contribution in [3.8, 4) is 0 Å². The molecule has 1 saturated carbocycles. The molecule has 5 rings (SSSR count). The van der Waals surface area contributed by atoms with Crippen LogP contribution in [0, 0.1) is 25.1 Å². The molecule has 1 aromatic carbocycles. The lowest BCUT2D eigenvalue weighted by atomic mass is 9.89. The zero-order valence-corrected chi connectivity index (χ0v) is 15.8. The van der Waals surface area contributed by atoms with Gasteiger partial charge in [-0.25, -0.2) is 4.39 Å². The topological polar surface area (TPSA) is 40.6 Å². The van der Waals surface area contributed by atoms with Crippen molar-refractivity contribution >= 4 is 11.8 Å². The predicted octanol–water partition coefficient (Wildman–Crippen LogP) is 3.45. The first-order valence-corrected chi connectivity index (χ1v) is 9.65. The molecule has 0 radical (unpaired) electrons. The van der Waals surface area contributed by atoms with Gasteiger partial charge in [-0.1, -0.05) is 6.92 Å². The van der Waals surface area contributed by atoms with Crippen molar-refractivity contribution in [2.45, 2.75) is 65.0 Å². The van der Waals surface area contributed by atoms with Gasteiger partial charge < -0.3 is 9.80 Å². The highest BCUT2D eigenvalue weighted by Gasteiger charge is 2.46. The predicted molar refractivity (Wildman–Crippen MR) is 97.4 cm³/mol. The summed E-state index contributed by atoms with van der Waals surface area (Å²) in [6.45, 7) is 6.81. The molecule has 2 atom stereocenters. The first-order valence-electron chi connectivity index (χ1n) is 9.65. The third-order valence-corrected chi connectivity index (χ3v) is 6.48. The van der Waals surface area contributed by atoms with Crippen molar-refractivity contribution in [1.82, 2.24) is 9.80 Å². The van der Waals surface area contributed by atoms with E-state index in [9.17, 15) is 14.0 Å². The van der Waals surface area contributed by atoms with E-state index in [0.29, 0.717) is 36.2 Å². The monoisotopic (exact) mass is 358 g/mol. The SMILES string of the molecule is Cc1cc(C(=O)N2CC3CCC2CN3C(=O)CC2(C)CC2)cc(C)c1F. The van der Waals surface area contributed by atoms with Crippen LogP contribution in [0.2, 0.25) is 0 Å². The van der Waals surface area contributed by atoms with E-state index in [1.54, 1.807) is 26.0 Å². The van der Waals surface area contributed by atoms with Crippen LogP contribution in [-0.4, -0.2) is 46.8 Å². The fourth-order valence-electron chi connectivity index (χ4n) is 4.47. The number of halogens is 1. The molecule has 0 spiro atoms. The second kappa shape index (κ2) is 6.07. The molecular weight excluding hydrogens is 331 g/mol. The van der Waals surface area contributed by atoms with Crippen molar-refractivity contribution < 1.29 is 14.0 Å². The number of fused-ring (bicyclic) bond motifs is 3. The number of carbonyl (C=O) groups excluding carboxylic acids is 2. The molecule has 3 aliphatic heterocycles. The maximum atomic E-state index is 13.9. The molecule has 140 valence electrons. The molecule has 4 nitrogen and oxygen atoms in total. The Hall–Kier alpha value is -1.91. The fourth-order valence-corrected chi connectivity index (χ4v) is 4.47.